The zero-order chi connectivity index (χ0) is 27.8. The van der Waals surface area contributed by atoms with Crippen molar-refractivity contribution < 1.29 is 19.0 Å². The van der Waals surface area contributed by atoms with Crippen LogP contribution in [0.25, 0.3) is 11.4 Å². The van der Waals surface area contributed by atoms with E-state index in [2.05, 4.69) is 30.4 Å². The van der Waals surface area contributed by atoms with Crippen molar-refractivity contribution in [3.8, 4) is 23.0 Å². The van der Waals surface area contributed by atoms with Crippen LogP contribution < -0.4 is 19.7 Å². The fourth-order valence-corrected chi connectivity index (χ4v) is 3.93. The van der Waals surface area contributed by atoms with E-state index in [0.717, 1.165) is 17.7 Å². The van der Waals surface area contributed by atoms with Gasteiger partial charge >= 0.3 is 0 Å². The first-order valence-corrected chi connectivity index (χ1v) is 12.5. The minimum absolute atomic E-state index is 0.0350. The Labute approximate surface area is 227 Å². The lowest BCUT2D eigenvalue weighted by atomic mass is 10.1. The maximum Gasteiger partial charge on any atom is 0.232 e. The number of ether oxygens (including phenoxy) is 3. The van der Waals surface area contributed by atoms with E-state index in [0.29, 0.717) is 60.0 Å². The number of ketones is 1. The quantitative estimate of drug-likeness (QED) is 0.196. The highest BCUT2D eigenvalue weighted by Crippen LogP contribution is 2.40. The Morgan fingerprint density at radius 2 is 1.85 bits per heavy atom. The zero-order valence-electron chi connectivity index (χ0n) is 22.7. The van der Waals surface area contributed by atoms with Gasteiger partial charge in [0.25, 0.3) is 0 Å². The van der Waals surface area contributed by atoms with E-state index >= 15 is 0 Å². The molecule has 1 aromatic carbocycles. The molecular formula is C27H32N8O4. The van der Waals surface area contributed by atoms with Crippen LogP contribution in [0, 0.1) is 0 Å². The van der Waals surface area contributed by atoms with E-state index in [1.807, 2.05) is 37.1 Å². The highest BCUT2D eigenvalue weighted by Gasteiger charge is 2.22. The van der Waals surface area contributed by atoms with Crippen molar-refractivity contribution in [1.29, 1.82) is 0 Å². The van der Waals surface area contributed by atoms with Gasteiger partial charge in [-0.2, -0.15) is 5.10 Å². The fraction of sp³-hybridized carbons (Fsp3) is 0.333. The molecule has 39 heavy (non-hydrogen) atoms. The van der Waals surface area contributed by atoms with Crippen LogP contribution in [0.4, 0.5) is 23.0 Å². The summed E-state index contributed by atoms with van der Waals surface area (Å²) in [7, 11) is 6.92. The van der Waals surface area contributed by atoms with Crippen LogP contribution in [0.1, 0.15) is 30.1 Å². The van der Waals surface area contributed by atoms with Gasteiger partial charge in [0.1, 0.15) is 18.0 Å². The summed E-state index contributed by atoms with van der Waals surface area (Å²) in [6.07, 6.45) is 7.40. The standard InChI is InChI=1S/C27H32N8O4/c1-6-22(36)19-14-28-23(32-24-15-30-25(16-29-24)39-12-8-11-37-4)13-21(19)35(3)20-10-7-9-18(26(20)38-5)27-31-17-34(2)33-27/h7,9-10,13-17H,6,8,11-12H2,1-5H3,(H,28,29,32). The van der Waals surface area contributed by atoms with Crippen LogP contribution in [0.3, 0.4) is 0 Å². The number of benzene rings is 1. The first kappa shape index (κ1) is 27.5. The van der Waals surface area contributed by atoms with Crippen LogP contribution in [0.2, 0.25) is 0 Å². The number of para-hydroxylation sites is 1. The molecule has 204 valence electrons. The molecule has 12 nitrogen and oxygen atoms in total. The molecule has 0 aliphatic rings. The highest BCUT2D eigenvalue weighted by atomic mass is 16.5. The second-order valence-electron chi connectivity index (χ2n) is 8.58. The molecule has 3 aromatic heterocycles. The van der Waals surface area contributed by atoms with Crippen LogP contribution in [-0.4, -0.2) is 70.0 Å². The van der Waals surface area contributed by atoms with Crippen LogP contribution in [-0.2, 0) is 11.8 Å². The van der Waals surface area contributed by atoms with Crippen molar-refractivity contribution in [3.63, 3.8) is 0 Å². The van der Waals surface area contributed by atoms with Gasteiger partial charge in [0, 0.05) is 52.9 Å². The SMILES string of the molecule is CCC(=O)c1cnc(Nc2cnc(OCCCOC)cn2)cc1N(C)c1cccc(-c2ncn(C)n2)c1OC. The molecule has 1 N–H and O–H groups in total. The monoisotopic (exact) mass is 532 g/mol. The van der Waals surface area contributed by atoms with Gasteiger partial charge in [-0.15, -0.1) is 0 Å². The van der Waals surface area contributed by atoms with Crippen LogP contribution in [0.15, 0.2) is 49.2 Å². The second kappa shape index (κ2) is 12.8. The van der Waals surface area contributed by atoms with Crippen molar-refractivity contribution in [2.75, 3.05) is 44.7 Å². The molecule has 0 saturated carbocycles. The Balaban J connectivity index is 1.64. The molecule has 0 amide bonds. The van der Waals surface area contributed by atoms with Crippen molar-refractivity contribution in [2.24, 2.45) is 7.05 Å². The number of nitrogens with one attached hydrogen (secondary N) is 1. The maximum absolute atomic E-state index is 12.9. The van der Waals surface area contributed by atoms with Crippen molar-refractivity contribution in [1.82, 2.24) is 29.7 Å². The third-order valence-electron chi connectivity index (χ3n) is 5.89. The first-order chi connectivity index (χ1) is 18.9. The topological polar surface area (TPSA) is 129 Å². The Bertz CT molecular complexity index is 1410. The molecule has 0 aliphatic carbocycles. The van der Waals surface area contributed by atoms with E-state index < -0.39 is 0 Å². The molecule has 0 bridgehead atoms. The zero-order valence-corrected chi connectivity index (χ0v) is 22.7. The summed E-state index contributed by atoms with van der Waals surface area (Å²) in [6.45, 7) is 2.92. The summed E-state index contributed by atoms with van der Waals surface area (Å²) >= 11 is 0. The Morgan fingerprint density at radius 1 is 1.03 bits per heavy atom. The summed E-state index contributed by atoms with van der Waals surface area (Å²) in [5.74, 6) is 2.48. The lowest BCUT2D eigenvalue weighted by Gasteiger charge is -2.25. The summed E-state index contributed by atoms with van der Waals surface area (Å²) in [5, 5.41) is 7.57. The minimum atomic E-state index is -0.0350. The van der Waals surface area contributed by atoms with Gasteiger partial charge in [0.15, 0.2) is 17.4 Å². The van der Waals surface area contributed by atoms with Gasteiger partial charge in [-0.1, -0.05) is 13.0 Å². The molecule has 0 aliphatic heterocycles. The smallest absolute Gasteiger partial charge is 0.232 e. The average Bonchev–Trinajstić information content (AvgIpc) is 3.40. The van der Waals surface area contributed by atoms with E-state index in [1.165, 1.54) is 0 Å². The highest BCUT2D eigenvalue weighted by molar-refractivity contribution is 6.02. The second-order valence-corrected chi connectivity index (χ2v) is 8.58. The van der Waals surface area contributed by atoms with Crippen molar-refractivity contribution in [3.05, 3.63) is 54.7 Å². The van der Waals surface area contributed by atoms with Gasteiger partial charge in [-0.05, 0) is 12.1 Å². The largest absolute Gasteiger partial charge is 0.494 e. The molecule has 0 radical (unpaired) electrons. The molecular weight excluding hydrogens is 500 g/mol. The third-order valence-corrected chi connectivity index (χ3v) is 5.89. The number of aryl methyl sites for hydroxylation is 1. The van der Waals surface area contributed by atoms with Crippen molar-refractivity contribution in [2.45, 2.75) is 19.8 Å². The van der Waals surface area contributed by atoms with Gasteiger partial charge in [0.2, 0.25) is 5.88 Å². The number of carbonyl (C=O) groups is 1. The number of carbonyl (C=O) groups excluding carboxylic acids is 1. The Kier molecular flexibility index (Phi) is 9.00. The molecule has 0 fully saturated rings. The first-order valence-electron chi connectivity index (χ1n) is 12.5. The molecule has 4 rings (SSSR count). The minimum Gasteiger partial charge on any atom is -0.494 e. The van der Waals surface area contributed by atoms with Crippen LogP contribution in [0.5, 0.6) is 11.6 Å². The Hall–Kier alpha value is -4.58. The van der Waals surface area contributed by atoms with E-state index in [1.54, 1.807) is 56.9 Å². The van der Waals surface area contributed by atoms with Crippen molar-refractivity contribution >= 4 is 28.8 Å². The summed E-state index contributed by atoms with van der Waals surface area (Å²) in [6, 6.07) is 7.50. The molecule has 3 heterocycles. The molecule has 0 spiro atoms. The molecule has 0 saturated heterocycles. The van der Waals surface area contributed by atoms with Crippen LogP contribution >= 0.6 is 0 Å². The van der Waals surface area contributed by atoms with E-state index in [9.17, 15) is 4.79 Å². The van der Waals surface area contributed by atoms with Gasteiger partial charge in [-0.3, -0.25) is 9.48 Å². The van der Waals surface area contributed by atoms with Gasteiger partial charge in [0.05, 0.1) is 48.6 Å². The summed E-state index contributed by atoms with van der Waals surface area (Å²) in [5.41, 5.74) is 2.60. The van der Waals surface area contributed by atoms with Gasteiger partial charge in [-0.25, -0.2) is 19.9 Å². The number of nitrogens with zero attached hydrogens (tertiary/aromatic N) is 7. The maximum atomic E-state index is 12.9. The lowest BCUT2D eigenvalue weighted by Crippen LogP contribution is -2.16. The number of hydrogen-bond acceptors (Lipinski definition) is 11. The molecule has 0 atom stereocenters. The van der Waals surface area contributed by atoms with Gasteiger partial charge < -0.3 is 24.4 Å². The molecule has 0 unspecified atom stereocenters. The fourth-order valence-electron chi connectivity index (χ4n) is 3.93. The lowest BCUT2D eigenvalue weighted by molar-refractivity contribution is 0.0988. The van der Waals surface area contributed by atoms with E-state index in [4.69, 9.17) is 14.2 Å². The number of methoxy groups -OCH3 is 2. The predicted octanol–water partition coefficient (Wildman–Crippen LogP) is 4.20. The molecule has 12 heteroatoms. The average molecular weight is 533 g/mol. The number of rotatable bonds is 13. The normalized spacial score (nSPS) is 10.8. The Morgan fingerprint density at radius 3 is 2.51 bits per heavy atom. The number of hydrogen-bond donors (Lipinski definition) is 1. The summed E-state index contributed by atoms with van der Waals surface area (Å²) in [4.78, 5) is 32.2. The number of Topliss-reactive ketones (excluding diaryl/α,β-unsaturated/α-hetero) is 1. The number of pyridine rings is 1. The third kappa shape index (κ3) is 6.47. The van der Waals surface area contributed by atoms with E-state index in [-0.39, 0.29) is 5.78 Å². The number of anilines is 4. The predicted molar refractivity (Wildman–Crippen MR) is 147 cm³/mol. The number of aromatic nitrogens is 6. The summed E-state index contributed by atoms with van der Waals surface area (Å²) < 4.78 is 18.0. The molecule has 4 aromatic rings.